The standard InChI is InChI=1S/C21H18Br2O/c1-24-21-12-17(9-10-20(21)15-5-3-2-4-6-15)16-7-8-18(13-22)19(11-16)14-23/h2-12H,13-14H2,1H3. The Morgan fingerprint density at radius 1 is 0.708 bits per heavy atom. The van der Waals surface area contributed by atoms with E-state index in [1.807, 2.05) is 18.2 Å². The van der Waals surface area contributed by atoms with E-state index in [4.69, 9.17) is 4.74 Å². The van der Waals surface area contributed by atoms with E-state index >= 15 is 0 Å². The summed E-state index contributed by atoms with van der Waals surface area (Å²) in [5.41, 5.74) is 7.25. The van der Waals surface area contributed by atoms with Crippen molar-refractivity contribution in [1.29, 1.82) is 0 Å². The van der Waals surface area contributed by atoms with Crippen molar-refractivity contribution in [3.63, 3.8) is 0 Å². The van der Waals surface area contributed by atoms with E-state index in [9.17, 15) is 0 Å². The molecule has 0 unspecified atom stereocenters. The summed E-state index contributed by atoms with van der Waals surface area (Å²) >= 11 is 7.13. The van der Waals surface area contributed by atoms with Crippen molar-refractivity contribution in [2.75, 3.05) is 7.11 Å². The molecule has 0 N–H and O–H groups in total. The molecule has 0 fully saturated rings. The van der Waals surface area contributed by atoms with Crippen LogP contribution in [0.1, 0.15) is 11.1 Å². The van der Waals surface area contributed by atoms with Gasteiger partial charge in [-0.2, -0.15) is 0 Å². The van der Waals surface area contributed by atoms with Gasteiger partial charge in [0.2, 0.25) is 0 Å². The van der Waals surface area contributed by atoms with Gasteiger partial charge in [-0.15, -0.1) is 0 Å². The molecule has 0 saturated carbocycles. The number of methoxy groups -OCH3 is 1. The molecule has 24 heavy (non-hydrogen) atoms. The molecule has 3 rings (SSSR count). The normalized spacial score (nSPS) is 10.6. The quantitative estimate of drug-likeness (QED) is 0.391. The van der Waals surface area contributed by atoms with E-state index < -0.39 is 0 Å². The van der Waals surface area contributed by atoms with Crippen LogP contribution in [0.4, 0.5) is 0 Å². The number of halogens is 2. The van der Waals surface area contributed by atoms with E-state index in [0.29, 0.717) is 0 Å². The van der Waals surface area contributed by atoms with Crippen molar-refractivity contribution in [3.05, 3.63) is 77.9 Å². The molecule has 0 bridgehead atoms. The summed E-state index contributed by atoms with van der Waals surface area (Å²) in [6, 6.07) is 23.3. The van der Waals surface area contributed by atoms with Crippen LogP contribution in [0.25, 0.3) is 22.3 Å². The van der Waals surface area contributed by atoms with Gasteiger partial charge in [-0.25, -0.2) is 0 Å². The fourth-order valence-corrected chi connectivity index (χ4v) is 3.86. The highest BCUT2D eigenvalue weighted by Gasteiger charge is 2.09. The van der Waals surface area contributed by atoms with Crippen molar-refractivity contribution in [2.45, 2.75) is 10.7 Å². The Balaban J connectivity index is 2.04. The smallest absolute Gasteiger partial charge is 0.127 e. The van der Waals surface area contributed by atoms with Crippen LogP contribution in [-0.4, -0.2) is 7.11 Å². The number of ether oxygens (including phenoxy) is 1. The van der Waals surface area contributed by atoms with Crippen LogP contribution in [0.15, 0.2) is 66.7 Å². The SMILES string of the molecule is COc1cc(-c2ccc(CBr)c(CBr)c2)ccc1-c1ccccc1. The molecule has 3 aromatic carbocycles. The highest BCUT2D eigenvalue weighted by molar-refractivity contribution is 9.09. The summed E-state index contributed by atoms with van der Waals surface area (Å²) in [6.45, 7) is 0. The second-order valence-corrected chi connectivity index (χ2v) is 6.65. The summed E-state index contributed by atoms with van der Waals surface area (Å²) in [7, 11) is 1.73. The van der Waals surface area contributed by atoms with E-state index in [0.717, 1.165) is 33.1 Å². The maximum absolute atomic E-state index is 5.65. The second-order valence-electron chi connectivity index (χ2n) is 5.53. The summed E-state index contributed by atoms with van der Waals surface area (Å²) < 4.78 is 5.65. The average Bonchev–Trinajstić information content (AvgIpc) is 2.67. The lowest BCUT2D eigenvalue weighted by Gasteiger charge is -2.13. The van der Waals surface area contributed by atoms with Crippen LogP contribution in [0.5, 0.6) is 5.75 Å². The Kier molecular flexibility index (Phi) is 5.75. The Labute approximate surface area is 159 Å². The third-order valence-corrected chi connectivity index (χ3v) is 5.32. The predicted octanol–water partition coefficient (Wildman–Crippen LogP) is 6.82. The minimum Gasteiger partial charge on any atom is -0.496 e. The molecule has 0 heterocycles. The first kappa shape index (κ1) is 17.2. The summed E-state index contributed by atoms with van der Waals surface area (Å²) in [5.74, 6) is 0.892. The molecule has 3 aromatic rings. The molecule has 0 radical (unpaired) electrons. The van der Waals surface area contributed by atoms with Crippen molar-refractivity contribution in [3.8, 4) is 28.0 Å². The molecule has 0 aromatic heterocycles. The van der Waals surface area contributed by atoms with Crippen LogP contribution in [0.2, 0.25) is 0 Å². The van der Waals surface area contributed by atoms with Crippen molar-refractivity contribution < 1.29 is 4.74 Å². The molecule has 0 aliphatic heterocycles. The van der Waals surface area contributed by atoms with Gasteiger partial charge in [-0.1, -0.05) is 92.5 Å². The highest BCUT2D eigenvalue weighted by Crippen LogP contribution is 2.35. The van der Waals surface area contributed by atoms with E-state index in [1.165, 1.54) is 16.7 Å². The van der Waals surface area contributed by atoms with Gasteiger partial charge in [0.05, 0.1) is 7.11 Å². The summed E-state index contributed by atoms with van der Waals surface area (Å²) in [6.07, 6.45) is 0. The maximum atomic E-state index is 5.65. The Hall–Kier alpha value is -1.58. The van der Waals surface area contributed by atoms with Gasteiger partial charge in [-0.3, -0.25) is 0 Å². The molecular weight excluding hydrogens is 428 g/mol. The molecule has 0 aliphatic rings. The van der Waals surface area contributed by atoms with Gasteiger partial charge in [0.15, 0.2) is 0 Å². The number of rotatable bonds is 5. The molecule has 122 valence electrons. The van der Waals surface area contributed by atoms with E-state index in [2.05, 4.69) is 80.4 Å². The third-order valence-electron chi connectivity index (χ3n) is 4.11. The molecule has 0 spiro atoms. The highest BCUT2D eigenvalue weighted by atomic mass is 79.9. The van der Waals surface area contributed by atoms with Gasteiger partial charge in [0.1, 0.15) is 5.75 Å². The number of alkyl halides is 2. The topological polar surface area (TPSA) is 9.23 Å². The summed E-state index contributed by atoms with van der Waals surface area (Å²) in [5, 5.41) is 1.71. The fraction of sp³-hybridized carbons (Fsp3) is 0.143. The number of hydrogen-bond donors (Lipinski definition) is 0. The molecular formula is C21H18Br2O. The minimum absolute atomic E-state index is 0.848. The Morgan fingerprint density at radius 3 is 2.04 bits per heavy atom. The van der Waals surface area contributed by atoms with Crippen molar-refractivity contribution in [2.24, 2.45) is 0 Å². The Bertz CT molecular complexity index is 828. The molecule has 0 atom stereocenters. The monoisotopic (exact) mass is 444 g/mol. The zero-order chi connectivity index (χ0) is 16.9. The zero-order valence-corrected chi connectivity index (χ0v) is 16.6. The van der Waals surface area contributed by atoms with Crippen LogP contribution in [0.3, 0.4) is 0 Å². The minimum atomic E-state index is 0.848. The molecule has 0 saturated heterocycles. The van der Waals surface area contributed by atoms with Crippen molar-refractivity contribution >= 4 is 31.9 Å². The van der Waals surface area contributed by atoms with Crippen LogP contribution < -0.4 is 4.74 Å². The largest absolute Gasteiger partial charge is 0.496 e. The third kappa shape index (κ3) is 3.57. The lowest BCUT2D eigenvalue weighted by atomic mass is 9.97. The molecule has 0 amide bonds. The van der Waals surface area contributed by atoms with Gasteiger partial charge in [-0.05, 0) is 33.9 Å². The first-order valence-electron chi connectivity index (χ1n) is 7.74. The van der Waals surface area contributed by atoms with Crippen LogP contribution in [-0.2, 0) is 10.7 Å². The Morgan fingerprint density at radius 2 is 1.38 bits per heavy atom. The first-order valence-corrected chi connectivity index (χ1v) is 9.98. The van der Waals surface area contributed by atoms with Crippen molar-refractivity contribution in [1.82, 2.24) is 0 Å². The number of hydrogen-bond acceptors (Lipinski definition) is 1. The van der Waals surface area contributed by atoms with E-state index in [1.54, 1.807) is 7.11 Å². The molecule has 1 nitrogen and oxygen atoms in total. The number of benzene rings is 3. The van der Waals surface area contributed by atoms with Crippen LogP contribution in [0, 0.1) is 0 Å². The van der Waals surface area contributed by atoms with Gasteiger partial charge < -0.3 is 4.74 Å². The zero-order valence-electron chi connectivity index (χ0n) is 13.4. The lowest BCUT2D eigenvalue weighted by molar-refractivity contribution is 0.416. The maximum Gasteiger partial charge on any atom is 0.127 e. The van der Waals surface area contributed by atoms with Gasteiger partial charge in [0.25, 0.3) is 0 Å². The van der Waals surface area contributed by atoms with E-state index in [-0.39, 0.29) is 0 Å². The predicted molar refractivity (Wildman–Crippen MR) is 109 cm³/mol. The summed E-state index contributed by atoms with van der Waals surface area (Å²) in [4.78, 5) is 0. The molecule has 0 aliphatic carbocycles. The molecule has 3 heteroatoms. The van der Waals surface area contributed by atoms with Gasteiger partial charge in [0, 0.05) is 16.2 Å². The first-order chi connectivity index (χ1) is 11.8. The van der Waals surface area contributed by atoms with Crippen LogP contribution >= 0.6 is 31.9 Å². The fourth-order valence-electron chi connectivity index (χ4n) is 2.79. The van der Waals surface area contributed by atoms with Gasteiger partial charge >= 0.3 is 0 Å². The second kappa shape index (κ2) is 8.00. The average molecular weight is 446 g/mol. The lowest BCUT2D eigenvalue weighted by Crippen LogP contribution is -1.92.